The highest BCUT2D eigenvalue weighted by atomic mass is 16.5. The molecule has 1 aromatic carbocycles. The van der Waals surface area contributed by atoms with Crippen LogP contribution in [0.15, 0.2) is 36.5 Å². The zero-order chi connectivity index (χ0) is 12.3. The summed E-state index contributed by atoms with van der Waals surface area (Å²) in [5.41, 5.74) is 14.8. The average molecular weight is 229 g/mol. The molecule has 0 aliphatic heterocycles. The van der Waals surface area contributed by atoms with Crippen molar-refractivity contribution in [3.63, 3.8) is 0 Å². The number of hydrogen-bond acceptors (Lipinski definition) is 4. The van der Waals surface area contributed by atoms with Crippen LogP contribution >= 0.6 is 0 Å². The lowest BCUT2D eigenvalue weighted by Gasteiger charge is -2.07. The fourth-order valence-corrected chi connectivity index (χ4v) is 1.63. The first-order valence-electron chi connectivity index (χ1n) is 5.33. The molecular weight excluding hydrogens is 214 g/mol. The van der Waals surface area contributed by atoms with Gasteiger partial charge in [-0.3, -0.25) is 4.98 Å². The number of methoxy groups -OCH3 is 1. The number of aromatic nitrogens is 1. The average Bonchev–Trinajstić information content (AvgIpc) is 2.39. The normalized spacial score (nSPS) is 10.2. The van der Waals surface area contributed by atoms with Crippen LogP contribution in [0.3, 0.4) is 0 Å². The van der Waals surface area contributed by atoms with E-state index in [2.05, 4.69) is 4.98 Å². The number of rotatable bonds is 3. The maximum absolute atomic E-state index is 5.95. The number of anilines is 1. The molecule has 0 saturated carbocycles. The van der Waals surface area contributed by atoms with Crippen molar-refractivity contribution >= 4 is 5.69 Å². The van der Waals surface area contributed by atoms with Gasteiger partial charge in [0.05, 0.1) is 18.5 Å². The van der Waals surface area contributed by atoms with Gasteiger partial charge >= 0.3 is 0 Å². The molecule has 4 nitrogen and oxygen atoms in total. The van der Waals surface area contributed by atoms with Crippen LogP contribution in [-0.2, 0) is 6.54 Å². The highest BCUT2D eigenvalue weighted by molar-refractivity contribution is 5.73. The van der Waals surface area contributed by atoms with Crippen molar-refractivity contribution in [1.29, 1.82) is 0 Å². The number of ether oxygens (including phenoxy) is 1. The predicted molar refractivity (Wildman–Crippen MR) is 68.5 cm³/mol. The number of nitrogens with zero attached hydrogens (tertiary/aromatic N) is 1. The summed E-state index contributed by atoms with van der Waals surface area (Å²) in [4.78, 5) is 4.33. The van der Waals surface area contributed by atoms with E-state index >= 15 is 0 Å². The SMILES string of the molecule is COc1ccc(-c2ncc(CN)cc2N)cc1. The molecule has 0 atom stereocenters. The van der Waals surface area contributed by atoms with E-state index in [0.29, 0.717) is 12.2 Å². The van der Waals surface area contributed by atoms with Crippen LogP contribution in [0.5, 0.6) is 5.75 Å². The van der Waals surface area contributed by atoms with E-state index in [9.17, 15) is 0 Å². The van der Waals surface area contributed by atoms with E-state index < -0.39 is 0 Å². The smallest absolute Gasteiger partial charge is 0.118 e. The Balaban J connectivity index is 2.38. The van der Waals surface area contributed by atoms with Crippen molar-refractivity contribution in [2.75, 3.05) is 12.8 Å². The van der Waals surface area contributed by atoms with E-state index in [1.807, 2.05) is 30.3 Å². The Morgan fingerprint density at radius 1 is 1.24 bits per heavy atom. The van der Waals surface area contributed by atoms with Crippen LogP contribution in [0, 0.1) is 0 Å². The second-order valence-corrected chi connectivity index (χ2v) is 3.71. The van der Waals surface area contributed by atoms with E-state index in [4.69, 9.17) is 16.2 Å². The molecule has 0 bridgehead atoms. The fourth-order valence-electron chi connectivity index (χ4n) is 1.63. The summed E-state index contributed by atoms with van der Waals surface area (Å²) in [5, 5.41) is 0. The largest absolute Gasteiger partial charge is 0.497 e. The minimum absolute atomic E-state index is 0.445. The minimum Gasteiger partial charge on any atom is -0.497 e. The highest BCUT2D eigenvalue weighted by Gasteiger charge is 2.05. The van der Waals surface area contributed by atoms with Crippen molar-refractivity contribution in [3.05, 3.63) is 42.1 Å². The fraction of sp³-hybridized carbons (Fsp3) is 0.154. The first kappa shape index (κ1) is 11.4. The molecule has 0 spiro atoms. The van der Waals surface area contributed by atoms with Gasteiger partial charge in [-0.2, -0.15) is 0 Å². The standard InChI is InChI=1S/C13H15N3O/c1-17-11-4-2-10(3-5-11)13-12(15)6-9(7-14)8-16-13/h2-6,8H,7,14-15H2,1H3. The van der Waals surface area contributed by atoms with E-state index in [-0.39, 0.29) is 0 Å². The second-order valence-electron chi connectivity index (χ2n) is 3.71. The minimum atomic E-state index is 0.445. The monoisotopic (exact) mass is 229 g/mol. The molecule has 4 heteroatoms. The Morgan fingerprint density at radius 3 is 2.47 bits per heavy atom. The zero-order valence-electron chi connectivity index (χ0n) is 9.68. The lowest BCUT2D eigenvalue weighted by atomic mass is 10.1. The maximum atomic E-state index is 5.95. The van der Waals surface area contributed by atoms with Crippen molar-refractivity contribution in [2.45, 2.75) is 6.54 Å². The molecule has 2 aromatic rings. The van der Waals surface area contributed by atoms with Gasteiger partial charge in [-0.05, 0) is 35.9 Å². The third kappa shape index (κ3) is 2.37. The molecule has 0 aliphatic carbocycles. The van der Waals surface area contributed by atoms with Gasteiger partial charge in [0.15, 0.2) is 0 Å². The van der Waals surface area contributed by atoms with Gasteiger partial charge < -0.3 is 16.2 Å². The van der Waals surface area contributed by atoms with Crippen LogP contribution in [0.2, 0.25) is 0 Å². The van der Waals surface area contributed by atoms with E-state index in [1.54, 1.807) is 13.3 Å². The quantitative estimate of drug-likeness (QED) is 0.841. The lowest BCUT2D eigenvalue weighted by Crippen LogP contribution is -2.00. The Kier molecular flexibility index (Phi) is 3.25. The molecule has 0 aliphatic rings. The number of benzene rings is 1. The molecule has 0 fully saturated rings. The summed E-state index contributed by atoms with van der Waals surface area (Å²) in [6.07, 6.45) is 1.75. The molecule has 0 amide bonds. The van der Waals surface area contributed by atoms with Gasteiger partial charge in [-0.15, -0.1) is 0 Å². The van der Waals surface area contributed by atoms with Crippen LogP contribution in [-0.4, -0.2) is 12.1 Å². The molecule has 4 N–H and O–H groups in total. The number of pyridine rings is 1. The molecule has 1 heterocycles. The van der Waals surface area contributed by atoms with Crippen molar-refractivity contribution in [3.8, 4) is 17.0 Å². The summed E-state index contributed by atoms with van der Waals surface area (Å²) < 4.78 is 5.10. The maximum Gasteiger partial charge on any atom is 0.118 e. The van der Waals surface area contributed by atoms with Crippen LogP contribution in [0.4, 0.5) is 5.69 Å². The van der Waals surface area contributed by atoms with Crippen molar-refractivity contribution in [2.24, 2.45) is 5.73 Å². The molecular formula is C13H15N3O. The number of nitrogens with two attached hydrogens (primary N) is 2. The van der Waals surface area contributed by atoms with Crippen molar-refractivity contribution in [1.82, 2.24) is 4.98 Å². The van der Waals surface area contributed by atoms with Gasteiger partial charge in [0, 0.05) is 18.3 Å². The molecule has 2 rings (SSSR count). The molecule has 88 valence electrons. The molecule has 0 radical (unpaired) electrons. The first-order valence-corrected chi connectivity index (χ1v) is 5.33. The number of nitrogen functional groups attached to an aromatic ring is 1. The highest BCUT2D eigenvalue weighted by Crippen LogP contribution is 2.25. The summed E-state index contributed by atoms with van der Waals surface area (Å²) >= 11 is 0. The number of hydrogen-bond donors (Lipinski definition) is 2. The van der Waals surface area contributed by atoms with Gasteiger partial charge in [0.25, 0.3) is 0 Å². The molecule has 0 saturated heterocycles. The van der Waals surface area contributed by atoms with Gasteiger partial charge in [0.1, 0.15) is 5.75 Å². The Bertz CT molecular complexity index is 509. The topological polar surface area (TPSA) is 74.2 Å². The van der Waals surface area contributed by atoms with Crippen molar-refractivity contribution < 1.29 is 4.74 Å². The summed E-state index contributed by atoms with van der Waals surface area (Å²) in [6.45, 7) is 0.445. The Morgan fingerprint density at radius 2 is 1.94 bits per heavy atom. The first-order chi connectivity index (χ1) is 8.24. The summed E-state index contributed by atoms with van der Waals surface area (Å²) in [5.74, 6) is 0.811. The van der Waals surface area contributed by atoms with Crippen LogP contribution in [0.25, 0.3) is 11.3 Å². The van der Waals surface area contributed by atoms with Crippen LogP contribution < -0.4 is 16.2 Å². The molecule has 0 unspecified atom stereocenters. The second kappa shape index (κ2) is 4.84. The Hall–Kier alpha value is -2.07. The Labute approximate surface area is 100 Å². The van der Waals surface area contributed by atoms with Gasteiger partial charge in [-0.1, -0.05) is 0 Å². The summed E-state index contributed by atoms with van der Waals surface area (Å²) in [7, 11) is 1.64. The zero-order valence-corrected chi connectivity index (χ0v) is 9.68. The molecule has 17 heavy (non-hydrogen) atoms. The van der Waals surface area contributed by atoms with E-state index in [1.165, 1.54) is 0 Å². The third-order valence-corrected chi connectivity index (χ3v) is 2.57. The van der Waals surface area contributed by atoms with Crippen LogP contribution in [0.1, 0.15) is 5.56 Å². The predicted octanol–water partition coefficient (Wildman–Crippen LogP) is 1.80. The van der Waals surface area contributed by atoms with E-state index in [0.717, 1.165) is 22.6 Å². The lowest BCUT2D eigenvalue weighted by molar-refractivity contribution is 0.415. The summed E-state index contributed by atoms with van der Waals surface area (Å²) in [6, 6.07) is 9.48. The third-order valence-electron chi connectivity index (χ3n) is 2.57. The van der Waals surface area contributed by atoms with Gasteiger partial charge in [0.2, 0.25) is 0 Å². The molecule has 1 aromatic heterocycles. The van der Waals surface area contributed by atoms with Gasteiger partial charge in [-0.25, -0.2) is 0 Å².